The van der Waals surface area contributed by atoms with Crippen LogP contribution in [0.1, 0.15) is 21.5 Å². The molecule has 1 aliphatic rings. The van der Waals surface area contributed by atoms with Crippen molar-refractivity contribution in [2.75, 3.05) is 5.32 Å². The van der Waals surface area contributed by atoms with E-state index in [1.807, 2.05) is 24.3 Å². The molecule has 0 radical (unpaired) electrons. The van der Waals surface area contributed by atoms with Gasteiger partial charge >= 0.3 is 5.97 Å². The number of halogens is 1. The highest BCUT2D eigenvalue weighted by molar-refractivity contribution is 14.1. The highest BCUT2D eigenvalue weighted by Gasteiger charge is 2.27. The minimum absolute atomic E-state index is 0.121. The van der Waals surface area contributed by atoms with E-state index in [0.29, 0.717) is 18.5 Å². The Bertz CT molecular complexity index is 732. The number of hydrogen-bond acceptors (Lipinski definition) is 2. The molecule has 0 spiro atoms. The Morgan fingerprint density at radius 3 is 2.32 bits per heavy atom. The second-order valence-corrected chi connectivity index (χ2v) is 6.60. The molecule has 0 aliphatic heterocycles. The summed E-state index contributed by atoms with van der Waals surface area (Å²) < 4.78 is 0.821. The molecular formula is C17H14INO3. The van der Waals surface area contributed by atoms with Gasteiger partial charge in [-0.25, -0.2) is 4.79 Å². The van der Waals surface area contributed by atoms with Crippen molar-refractivity contribution in [2.24, 2.45) is 5.92 Å². The summed E-state index contributed by atoms with van der Waals surface area (Å²) in [6, 6.07) is 13.0. The zero-order valence-corrected chi connectivity index (χ0v) is 13.8. The molecule has 1 aliphatic carbocycles. The fraction of sp³-hybridized carbons (Fsp3) is 0.176. The molecule has 0 bridgehead atoms. The number of carboxylic acid groups (broad SMARTS) is 1. The van der Waals surface area contributed by atoms with Gasteiger partial charge in [0.1, 0.15) is 0 Å². The second kappa shape index (κ2) is 6.08. The molecule has 0 fully saturated rings. The summed E-state index contributed by atoms with van der Waals surface area (Å²) in [6.45, 7) is 0. The number of benzene rings is 2. The number of fused-ring (bicyclic) bond motifs is 1. The van der Waals surface area contributed by atoms with Gasteiger partial charge in [-0.3, -0.25) is 4.79 Å². The molecule has 4 nitrogen and oxygen atoms in total. The van der Waals surface area contributed by atoms with Crippen LogP contribution in [0.3, 0.4) is 0 Å². The predicted molar refractivity (Wildman–Crippen MR) is 92.1 cm³/mol. The molecule has 112 valence electrons. The lowest BCUT2D eigenvalue weighted by Crippen LogP contribution is -2.24. The van der Waals surface area contributed by atoms with Crippen molar-refractivity contribution >= 4 is 40.2 Å². The van der Waals surface area contributed by atoms with Crippen LogP contribution >= 0.6 is 22.6 Å². The van der Waals surface area contributed by atoms with Crippen molar-refractivity contribution in [3.63, 3.8) is 0 Å². The maximum atomic E-state index is 12.4. The largest absolute Gasteiger partial charge is 0.478 e. The highest BCUT2D eigenvalue weighted by Crippen LogP contribution is 2.28. The minimum Gasteiger partial charge on any atom is -0.478 e. The van der Waals surface area contributed by atoms with E-state index in [0.717, 1.165) is 3.57 Å². The van der Waals surface area contributed by atoms with Gasteiger partial charge in [-0.15, -0.1) is 0 Å². The van der Waals surface area contributed by atoms with Gasteiger partial charge < -0.3 is 10.4 Å². The van der Waals surface area contributed by atoms with Gasteiger partial charge in [0.25, 0.3) is 0 Å². The Morgan fingerprint density at radius 2 is 1.73 bits per heavy atom. The van der Waals surface area contributed by atoms with Crippen LogP contribution in [0.25, 0.3) is 0 Å². The minimum atomic E-state index is -1.04. The first-order chi connectivity index (χ1) is 10.5. The van der Waals surface area contributed by atoms with E-state index >= 15 is 0 Å². The summed E-state index contributed by atoms with van der Waals surface area (Å²) in [5, 5.41) is 12.0. The van der Waals surface area contributed by atoms with E-state index in [1.54, 1.807) is 18.2 Å². The van der Waals surface area contributed by atoms with Gasteiger partial charge in [0.2, 0.25) is 5.91 Å². The van der Waals surface area contributed by atoms with Crippen LogP contribution in [0, 0.1) is 9.49 Å². The smallest absolute Gasteiger partial charge is 0.337 e. The van der Waals surface area contributed by atoms with Crippen LogP contribution in [-0.4, -0.2) is 17.0 Å². The number of carbonyl (C=O) groups is 2. The Balaban J connectivity index is 1.78. The monoisotopic (exact) mass is 407 g/mol. The van der Waals surface area contributed by atoms with E-state index in [9.17, 15) is 14.7 Å². The van der Waals surface area contributed by atoms with Crippen LogP contribution < -0.4 is 5.32 Å². The quantitative estimate of drug-likeness (QED) is 0.768. The summed E-state index contributed by atoms with van der Waals surface area (Å²) in [7, 11) is 0. The van der Waals surface area contributed by atoms with Gasteiger partial charge in [-0.2, -0.15) is 0 Å². The Labute approximate surface area is 141 Å². The van der Waals surface area contributed by atoms with Crippen LogP contribution in [0.2, 0.25) is 0 Å². The number of anilines is 1. The van der Waals surface area contributed by atoms with E-state index in [4.69, 9.17) is 0 Å². The molecule has 3 rings (SSSR count). The molecule has 0 heterocycles. The summed E-state index contributed by atoms with van der Waals surface area (Å²) in [6.07, 6.45) is 1.41. The molecule has 0 atom stereocenters. The number of hydrogen-bond donors (Lipinski definition) is 2. The maximum Gasteiger partial charge on any atom is 0.337 e. The van der Waals surface area contributed by atoms with E-state index in [-0.39, 0.29) is 17.4 Å². The molecule has 0 saturated heterocycles. The Morgan fingerprint density at radius 1 is 1.09 bits per heavy atom. The Kier molecular flexibility index (Phi) is 4.15. The standard InChI is InChI=1S/C17H14INO3/c18-13-5-6-15(14(9-13)17(21)22)19-16(20)12-7-10-3-1-2-4-11(10)8-12/h1-6,9,12H,7-8H2,(H,19,20)(H,21,22). The van der Waals surface area contributed by atoms with Crippen LogP contribution in [0.4, 0.5) is 5.69 Å². The topological polar surface area (TPSA) is 66.4 Å². The van der Waals surface area contributed by atoms with Crippen molar-refractivity contribution in [2.45, 2.75) is 12.8 Å². The molecule has 1 amide bonds. The van der Waals surface area contributed by atoms with Gasteiger partial charge in [0, 0.05) is 9.49 Å². The lowest BCUT2D eigenvalue weighted by molar-refractivity contribution is -0.119. The third kappa shape index (κ3) is 2.99. The van der Waals surface area contributed by atoms with E-state index in [2.05, 4.69) is 27.9 Å². The van der Waals surface area contributed by atoms with Crippen molar-refractivity contribution in [3.05, 3.63) is 62.7 Å². The first-order valence-electron chi connectivity index (χ1n) is 6.95. The summed E-state index contributed by atoms with van der Waals surface area (Å²) in [4.78, 5) is 23.7. The van der Waals surface area contributed by atoms with E-state index in [1.165, 1.54) is 11.1 Å². The normalized spacial score (nSPS) is 13.7. The number of carboxylic acids is 1. The van der Waals surface area contributed by atoms with Gasteiger partial charge in [0.15, 0.2) is 0 Å². The zero-order chi connectivity index (χ0) is 15.7. The fourth-order valence-electron chi connectivity index (χ4n) is 2.78. The summed E-state index contributed by atoms with van der Waals surface area (Å²) in [5.74, 6) is -1.30. The molecular weight excluding hydrogens is 393 g/mol. The number of rotatable bonds is 3. The lowest BCUT2D eigenvalue weighted by atomic mass is 10.0. The second-order valence-electron chi connectivity index (χ2n) is 5.36. The van der Waals surface area contributed by atoms with Gasteiger partial charge in [-0.1, -0.05) is 24.3 Å². The first kappa shape index (κ1) is 15.0. The molecule has 2 aromatic rings. The average Bonchev–Trinajstić information content (AvgIpc) is 2.93. The van der Waals surface area contributed by atoms with Crippen LogP contribution in [-0.2, 0) is 17.6 Å². The van der Waals surface area contributed by atoms with Crippen molar-refractivity contribution in [1.29, 1.82) is 0 Å². The average molecular weight is 407 g/mol. The Hall–Kier alpha value is -1.89. The molecule has 2 aromatic carbocycles. The summed E-state index contributed by atoms with van der Waals surface area (Å²) >= 11 is 2.05. The molecule has 5 heteroatoms. The van der Waals surface area contributed by atoms with Crippen LogP contribution in [0.15, 0.2) is 42.5 Å². The maximum absolute atomic E-state index is 12.4. The number of carbonyl (C=O) groups excluding carboxylic acids is 1. The van der Waals surface area contributed by atoms with Gasteiger partial charge in [0.05, 0.1) is 11.3 Å². The van der Waals surface area contributed by atoms with Gasteiger partial charge in [-0.05, 0) is 64.8 Å². The SMILES string of the molecule is O=C(O)c1cc(I)ccc1NC(=O)C1Cc2ccccc2C1. The molecule has 2 N–H and O–H groups in total. The number of amides is 1. The summed E-state index contributed by atoms with van der Waals surface area (Å²) in [5.41, 5.74) is 2.87. The number of aromatic carboxylic acids is 1. The van der Waals surface area contributed by atoms with Crippen molar-refractivity contribution < 1.29 is 14.7 Å². The third-order valence-electron chi connectivity index (χ3n) is 3.89. The third-order valence-corrected chi connectivity index (χ3v) is 4.56. The number of nitrogens with one attached hydrogen (secondary N) is 1. The highest BCUT2D eigenvalue weighted by atomic mass is 127. The molecule has 0 aromatic heterocycles. The van der Waals surface area contributed by atoms with Crippen LogP contribution in [0.5, 0.6) is 0 Å². The van der Waals surface area contributed by atoms with Crippen molar-refractivity contribution in [1.82, 2.24) is 0 Å². The first-order valence-corrected chi connectivity index (χ1v) is 8.03. The fourth-order valence-corrected chi connectivity index (χ4v) is 3.27. The lowest BCUT2D eigenvalue weighted by Gasteiger charge is -2.12. The zero-order valence-electron chi connectivity index (χ0n) is 11.7. The molecule has 0 saturated carbocycles. The molecule has 0 unspecified atom stereocenters. The van der Waals surface area contributed by atoms with E-state index < -0.39 is 5.97 Å². The molecule has 22 heavy (non-hydrogen) atoms. The van der Waals surface area contributed by atoms with Crippen molar-refractivity contribution in [3.8, 4) is 0 Å². The predicted octanol–water partition coefficient (Wildman–Crippen LogP) is 3.34.